The molecule has 0 bridgehead atoms. The number of ketones is 1. The highest BCUT2D eigenvalue weighted by molar-refractivity contribution is 6.23. The van der Waals surface area contributed by atoms with Crippen LogP contribution < -0.4 is 0 Å². The van der Waals surface area contributed by atoms with E-state index in [4.69, 9.17) is 4.84 Å². The second-order valence-corrected chi connectivity index (χ2v) is 6.18. The lowest BCUT2D eigenvalue weighted by molar-refractivity contribution is -0.118. The van der Waals surface area contributed by atoms with Gasteiger partial charge in [-0.2, -0.15) is 0 Å². The third kappa shape index (κ3) is 4.66. The maximum absolute atomic E-state index is 12.3. The molecule has 0 aromatic heterocycles. The van der Waals surface area contributed by atoms with Gasteiger partial charge in [0.2, 0.25) is 0 Å². The van der Waals surface area contributed by atoms with Crippen molar-refractivity contribution in [2.24, 2.45) is 10.6 Å². The molecule has 0 heterocycles. The van der Waals surface area contributed by atoms with Gasteiger partial charge in [-0.25, -0.2) is 0 Å². The summed E-state index contributed by atoms with van der Waals surface area (Å²) in [5.74, 6) is 0.148. The Labute approximate surface area is 121 Å². The van der Waals surface area contributed by atoms with Crippen LogP contribution in [0.5, 0.6) is 0 Å². The van der Waals surface area contributed by atoms with Gasteiger partial charge in [-0.05, 0) is 25.2 Å². The first-order chi connectivity index (χ1) is 9.41. The van der Waals surface area contributed by atoms with Crippen LogP contribution >= 0.6 is 0 Å². The molecule has 20 heavy (non-hydrogen) atoms. The zero-order chi connectivity index (χ0) is 15.2. The number of carbonyl (C=O) groups excluding carboxylic acids is 1. The van der Waals surface area contributed by atoms with Gasteiger partial charge in [0.25, 0.3) is 0 Å². The van der Waals surface area contributed by atoms with E-state index in [9.17, 15) is 9.90 Å². The van der Waals surface area contributed by atoms with Gasteiger partial charge in [-0.15, -0.1) is 0 Å². The number of hydrogen-bond acceptors (Lipinski definition) is 4. The highest BCUT2D eigenvalue weighted by Crippen LogP contribution is 2.36. The standard InChI is InChI=1S/C16H27NO3/c1-5-7-8-9-12(17-20-6-2)15-13(18)10-16(3,4)11-14(15)19/h18H,5-11H2,1-4H3/b17-12-. The van der Waals surface area contributed by atoms with Gasteiger partial charge in [0.05, 0.1) is 11.3 Å². The van der Waals surface area contributed by atoms with Crippen LogP contribution in [0.25, 0.3) is 0 Å². The molecule has 0 radical (unpaired) electrons. The minimum Gasteiger partial charge on any atom is -0.511 e. The molecule has 0 unspecified atom stereocenters. The average molecular weight is 281 g/mol. The predicted molar refractivity (Wildman–Crippen MR) is 80.9 cm³/mol. The van der Waals surface area contributed by atoms with Crippen LogP contribution in [0.3, 0.4) is 0 Å². The van der Waals surface area contributed by atoms with Crippen LogP contribution in [0.15, 0.2) is 16.5 Å². The molecule has 0 atom stereocenters. The number of rotatable bonds is 7. The van der Waals surface area contributed by atoms with Crippen molar-refractivity contribution in [1.29, 1.82) is 0 Å². The number of Topliss-reactive ketones (excluding diaryl/α,β-unsaturated/α-hetero) is 1. The molecular formula is C16H27NO3. The minimum atomic E-state index is -0.176. The summed E-state index contributed by atoms with van der Waals surface area (Å²) in [4.78, 5) is 17.4. The molecule has 1 rings (SSSR count). The lowest BCUT2D eigenvalue weighted by Gasteiger charge is -2.29. The monoisotopic (exact) mass is 281 g/mol. The fraction of sp³-hybridized carbons (Fsp3) is 0.750. The fourth-order valence-electron chi connectivity index (χ4n) is 2.52. The van der Waals surface area contributed by atoms with Gasteiger partial charge >= 0.3 is 0 Å². The number of nitrogens with zero attached hydrogens (tertiary/aromatic N) is 1. The van der Waals surface area contributed by atoms with E-state index in [1.165, 1.54) is 0 Å². The van der Waals surface area contributed by atoms with Crippen molar-refractivity contribution in [3.63, 3.8) is 0 Å². The van der Waals surface area contributed by atoms with Gasteiger partial charge in [-0.1, -0.05) is 38.8 Å². The number of unbranched alkanes of at least 4 members (excludes halogenated alkanes) is 2. The summed E-state index contributed by atoms with van der Waals surface area (Å²) in [5, 5.41) is 14.3. The molecule has 1 N–H and O–H groups in total. The van der Waals surface area contributed by atoms with E-state index in [0.29, 0.717) is 37.2 Å². The molecule has 0 amide bonds. The SMILES string of the molecule is CCCCC/C(=N/OCC)C1=C(O)CC(C)(C)CC1=O. The van der Waals surface area contributed by atoms with E-state index < -0.39 is 0 Å². The van der Waals surface area contributed by atoms with Crippen molar-refractivity contribution in [2.45, 2.75) is 66.2 Å². The summed E-state index contributed by atoms with van der Waals surface area (Å²) >= 11 is 0. The van der Waals surface area contributed by atoms with E-state index in [0.717, 1.165) is 19.3 Å². The Balaban J connectivity index is 2.96. The maximum atomic E-state index is 12.3. The van der Waals surface area contributed by atoms with Crippen LogP contribution in [0, 0.1) is 5.41 Å². The minimum absolute atomic E-state index is 0.0197. The summed E-state index contributed by atoms with van der Waals surface area (Å²) in [6.07, 6.45) is 4.79. The van der Waals surface area contributed by atoms with Crippen molar-refractivity contribution < 1.29 is 14.7 Å². The molecule has 0 aromatic rings. The smallest absolute Gasteiger partial charge is 0.168 e. The molecular weight excluding hydrogens is 254 g/mol. The normalized spacial score (nSPS) is 19.4. The molecule has 0 aromatic carbocycles. The Hall–Kier alpha value is -1.32. The zero-order valence-corrected chi connectivity index (χ0v) is 13.2. The van der Waals surface area contributed by atoms with Gasteiger partial charge < -0.3 is 9.94 Å². The Kier molecular flexibility index (Phi) is 6.24. The van der Waals surface area contributed by atoms with E-state index in [2.05, 4.69) is 12.1 Å². The number of aliphatic hydroxyl groups excluding tert-OH is 1. The summed E-state index contributed by atoms with van der Waals surface area (Å²) in [6.45, 7) is 8.44. The molecule has 1 aliphatic rings. The quantitative estimate of drug-likeness (QED) is 0.433. The summed E-state index contributed by atoms with van der Waals surface area (Å²) in [7, 11) is 0. The first-order valence-corrected chi connectivity index (χ1v) is 7.55. The predicted octanol–water partition coefficient (Wildman–Crippen LogP) is 4.16. The Morgan fingerprint density at radius 1 is 1.30 bits per heavy atom. The van der Waals surface area contributed by atoms with E-state index >= 15 is 0 Å². The molecule has 4 nitrogen and oxygen atoms in total. The summed E-state index contributed by atoms with van der Waals surface area (Å²) in [5.41, 5.74) is 0.831. The van der Waals surface area contributed by atoms with E-state index in [1.54, 1.807) is 0 Å². The lowest BCUT2D eigenvalue weighted by atomic mass is 9.75. The van der Waals surface area contributed by atoms with Crippen molar-refractivity contribution in [2.75, 3.05) is 6.61 Å². The third-order valence-corrected chi connectivity index (χ3v) is 3.46. The fourth-order valence-corrected chi connectivity index (χ4v) is 2.52. The Bertz CT molecular complexity index is 408. The molecule has 4 heteroatoms. The van der Waals surface area contributed by atoms with Gasteiger partial charge in [0.1, 0.15) is 12.4 Å². The molecule has 0 aliphatic heterocycles. The van der Waals surface area contributed by atoms with Crippen LogP contribution in [0.1, 0.15) is 66.2 Å². The molecule has 0 fully saturated rings. The van der Waals surface area contributed by atoms with Crippen molar-refractivity contribution in [3.05, 3.63) is 11.3 Å². The largest absolute Gasteiger partial charge is 0.511 e. The number of aliphatic hydroxyl groups is 1. The van der Waals surface area contributed by atoms with Crippen LogP contribution in [0.4, 0.5) is 0 Å². The highest BCUT2D eigenvalue weighted by atomic mass is 16.6. The van der Waals surface area contributed by atoms with Crippen molar-refractivity contribution >= 4 is 11.5 Å². The molecule has 0 spiro atoms. The lowest BCUT2D eigenvalue weighted by Crippen LogP contribution is -2.29. The molecule has 1 aliphatic carbocycles. The van der Waals surface area contributed by atoms with Crippen molar-refractivity contribution in [3.8, 4) is 0 Å². The Morgan fingerprint density at radius 2 is 2.00 bits per heavy atom. The second-order valence-electron chi connectivity index (χ2n) is 6.18. The van der Waals surface area contributed by atoms with Crippen LogP contribution in [-0.2, 0) is 9.63 Å². The number of carbonyl (C=O) groups is 1. The molecule has 0 saturated heterocycles. The van der Waals surface area contributed by atoms with Crippen molar-refractivity contribution in [1.82, 2.24) is 0 Å². The summed E-state index contributed by atoms with van der Waals surface area (Å²) < 4.78 is 0. The van der Waals surface area contributed by atoms with E-state index in [1.807, 2.05) is 20.8 Å². The Morgan fingerprint density at radius 3 is 2.55 bits per heavy atom. The first kappa shape index (κ1) is 16.7. The van der Waals surface area contributed by atoms with Crippen LogP contribution in [-0.4, -0.2) is 23.2 Å². The second kappa shape index (κ2) is 7.46. The van der Waals surface area contributed by atoms with Crippen LogP contribution in [0.2, 0.25) is 0 Å². The molecule has 0 saturated carbocycles. The highest BCUT2D eigenvalue weighted by Gasteiger charge is 2.35. The summed E-state index contributed by atoms with van der Waals surface area (Å²) in [6, 6.07) is 0. The number of allylic oxidation sites excluding steroid dienone is 2. The third-order valence-electron chi connectivity index (χ3n) is 3.46. The van der Waals surface area contributed by atoms with E-state index in [-0.39, 0.29) is 17.0 Å². The topological polar surface area (TPSA) is 58.9 Å². The van der Waals surface area contributed by atoms with Gasteiger partial charge in [0.15, 0.2) is 5.78 Å². The zero-order valence-electron chi connectivity index (χ0n) is 13.2. The average Bonchev–Trinajstić information content (AvgIpc) is 2.33. The maximum Gasteiger partial charge on any atom is 0.168 e. The first-order valence-electron chi connectivity index (χ1n) is 7.55. The molecule has 114 valence electrons. The van der Waals surface area contributed by atoms with Gasteiger partial charge in [0, 0.05) is 12.8 Å². The van der Waals surface area contributed by atoms with Gasteiger partial charge in [-0.3, -0.25) is 4.79 Å². The number of hydrogen-bond donors (Lipinski definition) is 1. The number of oxime groups is 1.